The van der Waals surface area contributed by atoms with E-state index in [-0.39, 0.29) is 11.7 Å². The highest BCUT2D eigenvalue weighted by Crippen LogP contribution is 2.34. The smallest absolute Gasteiger partial charge is 0.264 e. The van der Waals surface area contributed by atoms with Crippen molar-refractivity contribution in [1.29, 1.82) is 0 Å². The van der Waals surface area contributed by atoms with E-state index in [4.69, 9.17) is 4.74 Å². The molecule has 0 bridgehead atoms. The highest BCUT2D eigenvalue weighted by Gasteiger charge is 2.25. The Morgan fingerprint density at radius 2 is 1.91 bits per heavy atom. The number of amidine groups is 1. The Kier molecular flexibility index (Phi) is 5.94. The van der Waals surface area contributed by atoms with E-state index in [1.54, 1.807) is 19.2 Å². The van der Waals surface area contributed by atoms with E-state index < -0.39 is 0 Å². The number of aryl methyl sites for hydroxylation is 1. The summed E-state index contributed by atoms with van der Waals surface area (Å²) in [5.41, 5.74) is 4.70. The number of ether oxygens (including phenoxy) is 1. The predicted octanol–water partition coefficient (Wildman–Crippen LogP) is 6.04. The minimum Gasteiger partial charge on any atom is -0.494 e. The SMILES string of the molecule is COc1ccc(C)cc1N=C1NC(=O)/C(=C/c2cn(Cc3ccc(F)cc3)c3ccccc23)S1. The molecule has 170 valence electrons. The van der Waals surface area contributed by atoms with E-state index >= 15 is 0 Å². The minimum atomic E-state index is -0.253. The number of nitrogens with one attached hydrogen (secondary N) is 1. The van der Waals surface area contributed by atoms with Crippen molar-refractivity contribution in [2.45, 2.75) is 13.5 Å². The average molecular weight is 472 g/mol. The molecule has 0 saturated carbocycles. The number of carbonyl (C=O) groups is 1. The second-order valence-electron chi connectivity index (χ2n) is 8.01. The summed E-state index contributed by atoms with van der Waals surface area (Å²) in [5.74, 6) is 0.205. The number of nitrogens with zero attached hydrogens (tertiary/aromatic N) is 2. The minimum absolute atomic E-state index is 0.189. The first-order valence-electron chi connectivity index (χ1n) is 10.8. The molecule has 5 rings (SSSR count). The highest BCUT2D eigenvalue weighted by molar-refractivity contribution is 8.18. The van der Waals surface area contributed by atoms with Crippen LogP contribution in [-0.2, 0) is 11.3 Å². The number of rotatable bonds is 5. The number of hydrogen-bond donors (Lipinski definition) is 1. The maximum atomic E-state index is 13.3. The molecule has 0 radical (unpaired) electrons. The third kappa shape index (κ3) is 4.47. The molecule has 0 atom stereocenters. The number of carbonyl (C=O) groups excluding carboxylic acids is 1. The lowest BCUT2D eigenvalue weighted by Gasteiger charge is -2.05. The molecule has 1 aromatic heterocycles. The van der Waals surface area contributed by atoms with Crippen LogP contribution in [0.25, 0.3) is 17.0 Å². The summed E-state index contributed by atoms with van der Waals surface area (Å²) in [5, 5.41) is 4.40. The third-order valence-corrected chi connectivity index (χ3v) is 6.49. The lowest BCUT2D eigenvalue weighted by atomic mass is 10.1. The summed E-state index contributed by atoms with van der Waals surface area (Å²) >= 11 is 1.30. The van der Waals surface area contributed by atoms with Crippen molar-refractivity contribution in [1.82, 2.24) is 9.88 Å². The van der Waals surface area contributed by atoms with Crippen LogP contribution in [-0.4, -0.2) is 22.8 Å². The molecule has 1 fully saturated rings. The van der Waals surface area contributed by atoms with Gasteiger partial charge in [-0.25, -0.2) is 9.38 Å². The second-order valence-corrected chi connectivity index (χ2v) is 9.04. The number of halogens is 1. The monoisotopic (exact) mass is 471 g/mol. The first kappa shape index (κ1) is 22.0. The van der Waals surface area contributed by atoms with E-state index in [1.165, 1.54) is 23.9 Å². The Bertz CT molecular complexity index is 1450. The molecular weight excluding hydrogens is 449 g/mol. The predicted molar refractivity (Wildman–Crippen MR) is 136 cm³/mol. The first-order valence-corrected chi connectivity index (χ1v) is 11.6. The van der Waals surface area contributed by atoms with Gasteiger partial charge in [-0.1, -0.05) is 36.4 Å². The molecule has 2 heterocycles. The molecule has 0 spiro atoms. The number of aromatic nitrogens is 1. The number of aliphatic imine (C=N–C) groups is 1. The van der Waals surface area contributed by atoms with Crippen LogP contribution in [0.15, 0.2) is 82.8 Å². The molecule has 7 heteroatoms. The number of amides is 1. The van der Waals surface area contributed by atoms with Crippen molar-refractivity contribution in [3.05, 3.63) is 100 Å². The Labute approximate surface area is 201 Å². The summed E-state index contributed by atoms with van der Waals surface area (Å²) < 4.78 is 20.8. The van der Waals surface area contributed by atoms with Crippen LogP contribution in [0.2, 0.25) is 0 Å². The fourth-order valence-electron chi connectivity index (χ4n) is 3.93. The molecular formula is C27H22FN3O2S. The van der Waals surface area contributed by atoms with Gasteiger partial charge in [0.15, 0.2) is 5.17 Å². The number of thioether (sulfide) groups is 1. The van der Waals surface area contributed by atoms with Crippen LogP contribution in [0.5, 0.6) is 5.75 Å². The normalized spacial score (nSPS) is 15.9. The molecule has 1 saturated heterocycles. The topological polar surface area (TPSA) is 55.6 Å². The Morgan fingerprint density at radius 1 is 1.12 bits per heavy atom. The molecule has 1 aliphatic rings. The van der Waals surface area contributed by atoms with Gasteiger partial charge in [0, 0.05) is 29.2 Å². The molecule has 4 aromatic rings. The summed E-state index contributed by atoms with van der Waals surface area (Å²) in [6.45, 7) is 2.58. The summed E-state index contributed by atoms with van der Waals surface area (Å²) in [4.78, 5) is 17.9. The fraction of sp³-hybridized carbons (Fsp3) is 0.111. The lowest BCUT2D eigenvalue weighted by molar-refractivity contribution is -0.115. The number of hydrogen-bond acceptors (Lipinski definition) is 4. The van der Waals surface area contributed by atoms with E-state index in [1.807, 2.05) is 61.7 Å². The van der Waals surface area contributed by atoms with Crippen molar-refractivity contribution in [2.24, 2.45) is 4.99 Å². The second kappa shape index (κ2) is 9.19. The van der Waals surface area contributed by atoms with E-state index in [9.17, 15) is 9.18 Å². The van der Waals surface area contributed by atoms with Gasteiger partial charge in [-0.3, -0.25) is 4.79 Å². The van der Waals surface area contributed by atoms with Crippen molar-refractivity contribution >= 4 is 45.5 Å². The molecule has 34 heavy (non-hydrogen) atoms. The van der Waals surface area contributed by atoms with Crippen LogP contribution >= 0.6 is 11.8 Å². The van der Waals surface area contributed by atoms with Gasteiger partial charge in [-0.15, -0.1) is 0 Å². The number of fused-ring (bicyclic) bond motifs is 1. The maximum absolute atomic E-state index is 13.3. The van der Waals surface area contributed by atoms with Crippen molar-refractivity contribution in [3.8, 4) is 5.75 Å². The van der Waals surface area contributed by atoms with E-state index in [0.29, 0.717) is 28.1 Å². The highest BCUT2D eigenvalue weighted by atomic mass is 32.2. The first-order chi connectivity index (χ1) is 16.5. The zero-order chi connectivity index (χ0) is 23.7. The van der Waals surface area contributed by atoms with Crippen LogP contribution in [0.1, 0.15) is 16.7 Å². The quantitative estimate of drug-likeness (QED) is 0.361. The summed E-state index contributed by atoms with van der Waals surface area (Å²) in [6, 6.07) is 20.3. The van der Waals surface area contributed by atoms with Gasteiger partial charge in [-0.2, -0.15) is 0 Å². The molecule has 0 aliphatic carbocycles. The zero-order valence-electron chi connectivity index (χ0n) is 18.7. The van der Waals surface area contributed by atoms with Crippen molar-refractivity contribution < 1.29 is 13.9 Å². The Morgan fingerprint density at radius 3 is 2.71 bits per heavy atom. The molecule has 3 aromatic carbocycles. The standard InChI is InChI=1S/C27H22FN3O2S/c1-17-7-12-24(33-2)22(13-17)29-27-30-26(32)25(34-27)14-19-16-31(23-6-4-3-5-21(19)23)15-18-8-10-20(28)11-9-18/h3-14,16H,15H2,1-2H3,(H,29,30,32)/b25-14-. The van der Waals surface area contributed by atoms with E-state index in [2.05, 4.69) is 14.9 Å². The van der Waals surface area contributed by atoms with Crippen LogP contribution in [0, 0.1) is 12.7 Å². The van der Waals surface area contributed by atoms with Crippen LogP contribution in [0.4, 0.5) is 10.1 Å². The van der Waals surface area contributed by atoms with Gasteiger partial charge < -0.3 is 14.6 Å². The zero-order valence-corrected chi connectivity index (χ0v) is 19.5. The molecule has 5 nitrogen and oxygen atoms in total. The fourth-order valence-corrected chi connectivity index (χ4v) is 4.75. The number of para-hydroxylation sites is 1. The molecule has 1 N–H and O–H groups in total. The third-order valence-electron chi connectivity index (χ3n) is 5.58. The molecule has 1 aliphatic heterocycles. The van der Waals surface area contributed by atoms with Crippen molar-refractivity contribution in [2.75, 3.05) is 7.11 Å². The van der Waals surface area contributed by atoms with Gasteiger partial charge in [0.2, 0.25) is 0 Å². The Hall–Kier alpha value is -3.84. The van der Waals surface area contributed by atoms with Crippen LogP contribution < -0.4 is 10.1 Å². The van der Waals surface area contributed by atoms with Gasteiger partial charge in [-0.05, 0) is 66.2 Å². The van der Waals surface area contributed by atoms with Crippen molar-refractivity contribution in [3.63, 3.8) is 0 Å². The average Bonchev–Trinajstić information content (AvgIpc) is 3.35. The molecule has 0 unspecified atom stereocenters. The summed E-state index contributed by atoms with van der Waals surface area (Å²) in [6.07, 6.45) is 3.91. The maximum Gasteiger partial charge on any atom is 0.264 e. The van der Waals surface area contributed by atoms with Crippen LogP contribution in [0.3, 0.4) is 0 Å². The van der Waals surface area contributed by atoms with Gasteiger partial charge in [0.1, 0.15) is 17.3 Å². The van der Waals surface area contributed by atoms with Gasteiger partial charge in [0.05, 0.1) is 12.0 Å². The van der Waals surface area contributed by atoms with Gasteiger partial charge in [0.25, 0.3) is 5.91 Å². The van der Waals surface area contributed by atoms with E-state index in [0.717, 1.165) is 27.6 Å². The lowest BCUT2D eigenvalue weighted by Crippen LogP contribution is -2.19. The Balaban J connectivity index is 1.47. The molecule has 1 amide bonds. The largest absolute Gasteiger partial charge is 0.494 e. The van der Waals surface area contributed by atoms with Gasteiger partial charge >= 0.3 is 0 Å². The summed E-state index contributed by atoms with van der Waals surface area (Å²) in [7, 11) is 1.60. The number of methoxy groups -OCH3 is 1. The number of benzene rings is 3.